The Balaban J connectivity index is 1.36. The number of benzene rings is 1. The van der Waals surface area contributed by atoms with Crippen molar-refractivity contribution in [2.75, 3.05) is 13.1 Å². The smallest absolute Gasteiger partial charge is 0.291 e. The molecule has 1 aromatic carbocycles. The molecule has 6 nitrogen and oxygen atoms in total. The summed E-state index contributed by atoms with van der Waals surface area (Å²) in [5.41, 5.74) is 1.28. The zero-order chi connectivity index (χ0) is 15.6. The highest BCUT2D eigenvalue weighted by atomic mass is 16.2. The number of aromatic nitrogens is 3. The monoisotopic (exact) mass is 311 g/mol. The molecule has 2 aromatic rings. The maximum Gasteiger partial charge on any atom is 0.291 e. The van der Waals surface area contributed by atoms with Crippen LogP contribution in [0.4, 0.5) is 0 Å². The van der Waals surface area contributed by atoms with Crippen LogP contribution < -0.4 is 10.6 Å². The summed E-state index contributed by atoms with van der Waals surface area (Å²) in [6.07, 6.45) is 4.88. The molecule has 1 aromatic heterocycles. The average molecular weight is 311 g/mol. The number of amides is 1. The van der Waals surface area contributed by atoms with Crippen LogP contribution in [-0.4, -0.2) is 39.8 Å². The van der Waals surface area contributed by atoms with Gasteiger partial charge in [-0.3, -0.25) is 4.79 Å². The second kappa shape index (κ2) is 6.12. The number of hydrogen-bond donors (Lipinski definition) is 2. The summed E-state index contributed by atoms with van der Waals surface area (Å²) >= 11 is 0. The van der Waals surface area contributed by atoms with Crippen LogP contribution in [0.1, 0.15) is 47.4 Å². The lowest BCUT2D eigenvalue weighted by atomic mass is 10.1. The lowest BCUT2D eigenvalue weighted by molar-refractivity contribution is 0.0939. The van der Waals surface area contributed by atoms with Gasteiger partial charge in [0.15, 0.2) is 0 Å². The van der Waals surface area contributed by atoms with E-state index in [9.17, 15) is 4.79 Å². The number of nitrogens with one attached hydrogen (secondary N) is 2. The molecule has 1 amide bonds. The van der Waals surface area contributed by atoms with Crippen LogP contribution in [-0.2, 0) is 0 Å². The zero-order valence-corrected chi connectivity index (χ0v) is 13.0. The molecule has 0 spiro atoms. The van der Waals surface area contributed by atoms with Gasteiger partial charge in [0.05, 0.1) is 6.04 Å². The molecule has 23 heavy (non-hydrogen) atoms. The molecule has 120 valence electrons. The predicted molar refractivity (Wildman–Crippen MR) is 86.2 cm³/mol. The summed E-state index contributed by atoms with van der Waals surface area (Å²) in [6.45, 7) is 1.95. The first kappa shape index (κ1) is 14.4. The quantitative estimate of drug-likeness (QED) is 0.897. The normalized spacial score (nSPS) is 26.7. The maximum atomic E-state index is 12.3. The highest BCUT2D eigenvalue weighted by Gasteiger charge is 2.40. The van der Waals surface area contributed by atoms with Gasteiger partial charge < -0.3 is 10.6 Å². The number of carbonyl (C=O) groups excluding carboxylic acids is 1. The van der Waals surface area contributed by atoms with Crippen molar-refractivity contribution in [1.82, 2.24) is 25.4 Å². The van der Waals surface area contributed by atoms with Crippen LogP contribution in [0.15, 0.2) is 36.7 Å². The number of hydrogen-bond acceptors (Lipinski definition) is 4. The van der Waals surface area contributed by atoms with E-state index in [0.29, 0.717) is 12.0 Å². The molecule has 2 aliphatic rings. The first-order valence-corrected chi connectivity index (χ1v) is 8.29. The van der Waals surface area contributed by atoms with E-state index >= 15 is 0 Å². The molecule has 4 rings (SSSR count). The first-order chi connectivity index (χ1) is 11.3. The number of rotatable bonds is 4. The van der Waals surface area contributed by atoms with Crippen molar-refractivity contribution in [3.8, 4) is 0 Å². The van der Waals surface area contributed by atoms with E-state index in [4.69, 9.17) is 0 Å². The van der Waals surface area contributed by atoms with Gasteiger partial charge in [0.2, 0.25) is 5.82 Å². The van der Waals surface area contributed by atoms with Crippen molar-refractivity contribution in [2.24, 2.45) is 0 Å². The van der Waals surface area contributed by atoms with Crippen LogP contribution in [0.3, 0.4) is 0 Å². The molecule has 0 unspecified atom stereocenters. The maximum absolute atomic E-state index is 12.3. The predicted octanol–water partition coefficient (Wildman–Crippen LogP) is 1.49. The zero-order valence-electron chi connectivity index (χ0n) is 13.0. The summed E-state index contributed by atoms with van der Waals surface area (Å²) < 4.78 is 1.82. The highest BCUT2D eigenvalue weighted by Crippen LogP contribution is 2.40. The molecule has 3 atom stereocenters. The molecule has 1 saturated carbocycles. The fraction of sp³-hybridized carbons (Fsp3) is 0.471. The Morgan fingerprint density at radius 1 is 1.30 bits per heavy atom. The van der Waals surface area contributed by atoms with E-state index < -0.39 is 0 Å². The summed E-state index contributed by atoms with van der Waals surface area (Å²) in [7, 11) is 0. The van der Waals surface area contributed by atoms with E-state index in [1.807, 2.05) is 22.9 Å². The fourth-order valence-electron chi connectivity index (χ4n) is 3.27. The molecule has 0 radical (unpaired) electrons. The van der Waals surface area contributed by atoms with Crippen LogP contribution in [0.2, 0.25) is 0 Å². The van der Waals surface area contributed by atoms with Gasteiger partial charge in [-0.2, -0.15) is 0 Å². The first-order valence-electron chi connectivity index (χ1n) is 8.29. The topological polar surface area (TPSA) is 71.8 Å². The van der Waals surface area contributed by atoms with Gasteiger partial charge in [-0.05, 0) is 31.4 Å². The third-order valence-corrected chi connectivity index (χ3v) is 4.69. The van der Waals surface area contributed by atoms with Crippen molar-refractivity contribution < 1.29 is 4.79 Å². The van der Waals surface area contributed by atoms with Gasteiger partial charge in [0, 0.05) is 18.5 Å². The van der Waals surface area contributed by atoms with E-state index in [0.717, 1.165) is 32.4 Å². The Labute approximate surface area is 135 Å². The van der Waals surface area contributed by atoms with E-state index in [1.54, 1.807) is 6.33 Å². The third kappa shape index (κ3) is 3.12. The Morgan fingerprint density at radius 3 is 2.96 bits per heavy atom. The summed E-state index contributed by atoms with van der Waals surface area (Å²) in [5.74, 6) is 0.523. The van der Waals surface area contributed by atoms with Gasteiger partial charge in [0.25, 0.3) is 5.91 Å². The van der Waals surface area contributed by atoms with Crippen molar-refractivity contribution >= 4 is 5.91 Å². The van der Waals surface area contributed by atoms with E-state index in [2.05, 4.69) is 32.8 Å². The van der Waals surface area contributed by atoms with Gasteiger partial charge in [-0.25, -0.2) is 9.67 Å². The largest absolute Gasteiger partial charge is 0.346 e. The Bertz CT molecular complexity index is 677. The molecule has 2 N–H and O–H groups in total. The van der Waals surface area contributed by atoms with Crippen LogP contribution in [0, 0.1) is 0 Å². The minimum Gasteiger partial charge on any atom is -0.346 e. The van der Waals surface area contributed by atoms with Crippen LogP contribution in [0.25, 0.3) is 0 Å². The van der Waals surface area contributed by atoms with Crippen LogP contribution >= 0.6 is 0 Å². The standard InChI is InChI=1S/C17H21N5O/c23-17(20-15-9-14(15)12-5-2-1-3-6-12)16-19-11-22(21-16)13-7-4-8-18-10-13/h1-3,5-6,11,13-15,18H,4,7-10H2,(H,20,23)/t13-,14-,15-/m1/s1. The second-order valence-electron chi connectivity index (χ2n) is 6.38. The lowest BCUT2D eigenvalue weighted by Crippen LogP contribution is -2.32. The molecule has 1 aliphatic heterocycles. The van der Waals surface area contributed by atoms with Gasteiger partial charge in [-0.15, -0.1) is 5.10 Å². The van der Waals surface area contributed by atoms with E-state index in [1.165, 1.54) is 5.56 Å². The molecule has 0 bridgehead atoms. The van der Waals surface area contributed by atoms with Gasteiger partial charge >= 0.3 is 0 Å². The van der Waals surface area contributed by atoms with Gasteiger partial charge in [-0.1, -0.05) is 30.3 Å². The van der Waals surface area contributed by atoms with E-state index in [-0.39, 0.29) is 17.8 Å². The molecule has 2 heterocycles. The molecule has 1 aliphatic carbocycles. The van der Waals surface area contributed by atoms with Crippen LogP contribution in [0.5, 0.6) is 0 Å². The minimum absolute atomic E-state index is 0.170. The van der Waals surface area contributed by atoms with Crippen molar-refractivity contribution in [1.29, 1.82) is 0 Å². The van der Waals surface area contributed by atoms with Crippen molar-refractivity contribution in [2.45, 2.75) is 37.3 Å². The summed E-state index contributed by atoms with van der Waals surface area (Å²) in [6, 6.07) is 10.8. The summed E-state index contributed by atoms with van der Waals surface area (Å²) in [5, 5.41) is 10.8. The molecule has 6 heteroatoms. The molecule has 1 saturated heterocycles. The number of piperidine rings is 1. The Hall–Kier alpha value is -2.21. The fourth-order valence-corrected chi connectivity index (χ4v) is 3.27. The molecule has 2 fully saturated rings. The number of nitrogens with zero attached hydrogens (tertiary/aromatic N) is 3. The average Bonchev–Trinajstić information content (AvgIpc) is 3.19. The Kier molecular flexibility index (Phi) is 3.83. The summed E-state index contributed by atoms with van der Waals surface area (Å²) in [4.78, 5) is 16.5. The highest BCUT2D eigenvalue weighted by molar-refractivity contribution is 5.90. The molecular formula is C17H21N5O. The van der Waals surface area contributed by atoms with Crippen molar-refractivity contribution in [3.63, 3.8) is 0 Å². The minimum atomic E-state index is -0.170. The molecular weight excluding hydrogens is 290 g/mol. The Morgan fingerprint density at radius 2 is 2.17 bits per heavy atom. The number of carbonyl (C=O) groups is 1. The lowest BCUT2D eigenvalue weighted by Gasteiger charge is -2.22. The third-order valence-electron chi connectivity index (χ3n) is 4.69. The second-order valence-corrected chi connectivity index (χ2v) is 6.38. The SMILES string of the molecule is O=C(N[C@@H]1C[C@@H]1c1ccccc1)c1ncn([C@@H]2CCCNC2)n1. The van der Waals surface area contributed by atoms with Crippen molar-refractivity contribution in [3.05, 3.63) is 48.0 Å². The van der Waals surface area contributed by atoms with Gasteiger partial charge in [0.1, 0.15) is 6.33 Å².